The van der Waals surface area contributed by atoms with Gasteiger partial charge in [-0.15, -0.1) is 0 Å². The van der Waals surface area contributed by atoms with E-state index in [2.05, 4.69) is 0 Å². The first-order valence-electron chi connectivity index (χ1n) is 6.04. The zero-order chi connectivity index (χ0) is 10.5. The van der Waals surface area contributed by atoms with Gasteiger partial charge in [-0.2, -0.15) is 0 Å². The number of rotatable bonds is 4. The van der Waals surface area contributed by atoms with Crippen LogP contribution >= 0.6 is 0 Å². The Bertz CT molecular complexity index is 222. The van der Waals surface area contributed by atoms with Crippen molar-refractivity contribution in [3.05, 3.63) is 11.8 Å². The zero-order valence-electron chi connectivity index (χ0n) is 9.28. The highest BCUT2D eigenvalue weighted by Crippen LogP contribution is 2.21. The molecule has 2 rings (SSSR count). The Morgan fingerprint density at radius 2 is 2.33 bits per heavy atom. The summed E-state index contributed by atoms with van der Waals surface area (Å²) in [7, 11) is 0. The van der Waals surface area contributed by atoms with E-state index in [-0.39, 0.29) is 6.04 Å². The fraction of sp³-hybridized carbons (Fsp3) is 0.833. The van der Waals surface area contributed by atoms with E-state index in [1.54, 1.807) is 0 Å². The molecule has 2 heterocycles. The van der Waals surface area contributed by atoms with Gasteiger partial charge in [0.2, 0.25) is 0 Å². The molecule has 2 aliphatic heterocycles. The first-order valence-corrected chi connectivity index (χ1v) is 6.04. The Kier molecular flexibility index (Phi) is 4.03. The predicted octanol–water partition coefficient (Wildman–Crippen LogP) is 1.97. The van der Waals surface area contributed by atoms with Gasteiger partial charge in [0.15, 0.2) is 0 Å². The molecule has 3 heteroatoms. The molecule has 2 unspecified atom stereocenters. The van der Waals surface area contributed by atoms with Gasteiger partial charge in [0, 0.05) is 12.6 Å². The molecular formula is C12H21NO2. The summed E-state index contributed by atoms with van der Waals surface area (Å²) < 4.78 is 10.9. The standard InChI is InChI=1S/C12H21NO2/c13-12(10-3-1-7-14-9-10)6-5-11-4-2-8-15-11/h9,11-12H,1-8,13H2. The Balaban J connectivity index is 1.71. The molecule has 2 aliphatic rings. The van der Waals surface area contributed by atoms with E-state index in [1.165, 1.54) is 18.4 Å². The summed E-state index contributed by atoms with van der Waals surface area (Å²) in [6, 6.07) is 0.175. The van der Waals surface area contributed by atoms with Crippen LogP contribution < -0.4 is 5.73 Å². The highest BCUT2D eigenvalue weighted by molar-refractivity contribution is 5.08. The predicted molar refractivity (Wildman–Crippen MR) is 59.5 cm³/mol. The van der Waals surface area contributed by atoms with E-state index >= 15 is 0 Å². The molecule has 0 spiro atoms. The van der Waals surface area contributed by atoms with Crippen molar-refractivity contribution in [3.63, 3.8) is 0 Å². The molecule has 1 saturated heterocycles. The van der Waals surface area contributed by atoms with E-state index in [0.717, 1.165) is 38.9 Å². The summed E-state index contributed by atoms with van der Waals surface area (Å²) in [6.07, 6.45) is 9.09. The van der Waals surface area contributed by atoms with Gasteiger partial charge < -0.3 is 15.2 Å². The lowest BCUT2D eigenvalue weighted by atomic mass is 9.97. The first kappa shape index (κ1) is 11.0. The van der Waals surface area contributed by atoms with Crippen LogP contribution in [0, 0.1) is 0 Å². The third-order valence-electron chi connectivity index (χ3n) is 3.26. The number of ether oxygens (including phenoxy) is 2. The molecule has 0 saturated carbocycles. The van der Waals surface area contributed by atoms with Gasteiger partial charge in [0.05, 0.1) is 19.0 Å². The largest absolute Gasteiger partial charge is 0.501 e. The monoisotopic (exact) mass is 211 g/mol. The van der Waals surface area contributed by atoms with Crippen molar-refractivity contribution in [1.82, 2.24) is 0 Å². The third kappa shape index (κ3) is 3.21. The van der Waals surface area contributed by atoms with Crippen molar-refractivity contribution in [2.45, 2.75) is 50.7 Å². The van der Waals surface area contributed by atoms with Crippen LogP contribution in [-0.2, 0) is 9.47 Å². The highest BCUT2D eigenvalue weighted by Gasteiger charge is 2.18. The van der Waals surface area contributed by atoms with Crippen LogP contribution in [-0.4, -0.2) is 25.4 Å². The second kappa shape index (κ2) is 5.52. The van der Waals surface area contributed by atoms with Gasteiger partial charge >= 0.3 is 0 Å². The van der Waals surface area contributed by atoms with Gasteiger partial charge in [-0.3, -0.25) is 0 Å². The number of nitrogens with two attached hydrogens (primary N) is 1. The molecule has 0 bridgehead atoms. The minimum atomic E-state index is 0.175. The minimum absolute atomic E-state index is 0.175. The molecule has 1 fully saturated rings. The fourth-order valence-electron chi connectivity index (χ4n) is 2.28. The summed E-state index contributed by atoms with van der Waals surface area (Å²) in [5.41, 5.74) is 7.40. The van der Waals surface area contributed by atoms with E-state index < -0.39 is 0 Å². The van der Waals surface area contributed by atoms with Crippen molar-refractivity contribution in [2.75, 3.05) is 13.2 Å². The Labute approximate surface area is 91.6 Å². The molecule has 0 amide bonds. The van der Waals surface area contributed by atoms with E-state index in [0.29, 0.717) is 6.10 Å². The maximum atomic E-state index is 6.12. The minimum Gasteiger partial charge on any atom is -0.501 e. The van der Waals surface area contributed by atoms with Crippen LogP contribution in [0.25, 0.3) is 0 Å². The molecule has 0 aromatic heterocycles. The fourth-order valence-corrected chi connectivity index (χ4v) is 2.28. The van der Waals surface area contributed by atoms with Crippen molar-refractivity contribution < 1.29 is 9.47 Å². The van der Waals surface area contributed by atoms with Crippen molar-refractivity contribution in [1.29, 1.82) is 0 Å². The average molecular weight is 211 g/mol. The van der Waals surface area contributed by atoms with Crippen molar-refractivity contribution in [3.8, 4) is 0 Å². The summed E-state index contributed by atoms with van der Waals surface area (Å²) in [6.45, 7) is 1.79. The number of hydrogen-bond acceptors (Lipinski definition) is 3. The van der Waals surface area contributed by atoms with Gasteiger partial charge in [-0.05, 0) is 44.1 Å². The number of hydrogen-bond donors (Lipinski definition) is 1. The second-order valence-electron chi connectivity index (χ2n) is 4.49. The lowest BCUT2D eigenvalue weighted by molar-refractivity contribution is 0.101. The summed E-state index contributed by atoms with van der Waals surface area (Å²) in [4.78, 5) is 0. The lowest BCUT2D eigenvalue weighted by Crippen LogP contribution is -2.26. The topological polar surface area (TPSA) is 44.5 Å². The third-order valence-corrected chi connectivity index (χ3v) is 3.26. The van der Waals surface area contributed by atoms with Crippen LogP contribution in [0.1, 0.15) is 38.5 Å². The molecule has 0 aromatic rings. The van der Waals surface area contributed by atoms with Crippen LogP contribution in [0.3, 0.4) is 0 Å². The first-order chi connectivity index (χ1) is 7.36. The summed E-state index contributed by atoms with van der Waals surface area (Å²) in [5.74, 6) is 0. The normalized spacial score (nSPS) is 28.3. The Morgan fingerprint density at radius 3 is 3.00 bits per heavy atom. The molecule has 2 N–H and O–H groups in total. The Morgan fingerprint density at radius 1 is 1.40 bits per heavy atom. The van der Waals surface area contributed by atoms with Crippen molar-refractivity contribution >= 4 is 0 Å². The van der Waals surface area contributed by atoms with Gasteiger partial charge in [-0.25, -0.2) is 0 Å². The average Bonchev–Trinajstić information content (AvgIpc) is 2.80. The highest BCUT2D eigenvalue weighted by atomic mass is 16.5. The molecule has 86 valence electrons. The quantitative estimate of drug-likeness (QED) is 0.773. The van der Waals surface area contributed by atoms with Gasteiger partial charge in [0.25, 0.3) is 0 Å². The second-order valence-corrected chi connectivity index (χ2v) is 4.49. The van der Waals surface area contributed by atoms with Crippen LogP contribution in [0.2, 0.25) is 0 Å². The molecule has 3 nitrogen and oxygen atoms in total. The molecule has 0 aliphatic carbocycles. The van der Waals surface area contributed by atoms with E-state index in [1.807, 2.05) is 6.26 Å². The maximum absolute atomic E-state index is 6.12. The van der Waals surface area contributed by atoms with E-state index in [4.69, 9.17) is 15.2 Å². The molecule has 0 aromatic carbocycles. The lowest BCUT2D eigenvalue weighted by Gasteiger charge is -2.20. The van der Waals surface area contributed by atoms with Crippen LogP contribution in [0.15, 0.2) is 11.8 Å². The smallest absolute Gasteiger partial charge is 0.0876 e. The van der Waals surface area contributed by atoms with E-state index in [9.17, 15) is 0 Å². The molecular weight excluding hydrogens is 190 g/mol. The van der Waals surface area contributed by atoms with Crippen molar-refractivity contribution in [2.24, 2.45) is 5.73 Å². The summed E-state index contributed by atoms with van der Waals surface area (Å²) >= 11 is 0. The molecule has 15 heavy (non-hydrogen) atoms. The van der Waals surface area contributed by atoms with Crippen LogP contribution in [0.5, 0.6) is 0 Å². The van der Waals surface area contributed by atoms with Crippen LogP contribution in [0.4, 0.5) is 0 Å². The van der Waals surface area contributed by atoms with Gasteiger partial charge in [0.1, 0.15) is 0 Å². The Hall–Kier alpha value is -0.540. The van der Waals surface area contributed by atoms with Gasteiger partial charge in [-0.1, -0.05) is 0 Å². The zero-order valence-corrected chi connectivity index (χ0v) is 9.28. The SMILES string of the molecule is NC(CCC1CCCO1)C1=COCCC1. The maximum Gasteiger partial charge on any atom is 0.0876 e. The molecule has 2 atom stereocenters. The molecule has 0 radical (unpaired) electrons. The summed E-state index contributed by atoms with van der Waals surface area (Å²) in [5, 5.41) is 0.